The first-order chi connectivity index (χ1) is 15.0. The number of benzene rings is 1. The fourth-order valence-corrected chi connectivity index (χ4v) is 4.03. The number of halogens is 1. The van der Waals surface area contributed by atoms with Crippen molar-refractivity contribution in [3.8, 4) is 0 Å². The second-order valence-corrected chi connectivity index (χ2v) is 7.60. The number of hydrogen-bond donors (Lipinski definition) is 2. The van der Waals surface area contributed by atoms with Crippen LogP contribution in [0.5, 0.6) is 0 Å². The van der Waals surface area contributed by atoms with Crippen LogP contribution in [0.3, 0.4) is 0 Å². The SMILES string of the molecule is CNC(=O)c1cc(CN(C(=O)O)C2CCN(c3nnc(Cl)c4ccccc34)CC2)on1. The molecule has 0 bridgehead atoms. The molecule has 1 aliphatic rings. The number of anilines is 1. The van der Waals surface area contributed by atoms with Crippen LogP contribution in [0.4, 0.5) is 10.6 Å². The van der Waals surface area contributed by atoms with E-state index in [0.29, 0.717) is 36.8 Å². The summed E-state index contributed by atoms with van der Waals surface area (Å²) in [6.45, 7) is 1.26. The van der Waals surface area contributed by atoms with Gasteiger partial charge in [-0.1, -0.05) is 41.0 Å². The number of nitrogens with one attached hydrogen (secondary N) is 1. The molecule has 11 heteroatoms. The topological polar surface area (TPSA) is 125 Å². The number of aromatic nitrogens is 3. The van der Waals surface area contributed by atoms with Crippen molar-refractivity contribution in [2.75, 3.05) is 25.0 Å². The highest BCUT2D eigenvalue weighted by Gasteiger charge is 2.30. The molecule has 1 fully saturated rings. The van der Waals surface area contributed by atoms with Crippen LogP contribution in [0, 0.1) is 0 Å². The Morgan fingerprint density at radius 2 is 1.97 bits per heavy atom. The lowest BCUT2D eigenvalue weighted by Gasteiger charge is -2.37. The fraction of sp³-hybridized carbons (Fsp3) is 0.350. The zero-order chi connectivity index (χ0) is 22.0. The average Bonchev–Trinajstić information content (AvgIpc) is 3.26. The molecule has 0 radical (unpaired) electrons. The minimum Gasteiger partial charge on any atom is -0.465 e. The van der Waals surface area contributed by atoms with Crippen LogP contribution < -0.4 is 10.2 Å². The molecule has 162 valence electrons. The summed E-state index contributed by atoms with van der Waals surface area (Å²) < 4.78 is 5.15. The number of rotatable bonds is 5. The molecule has 2 N–H and O–H groups in total. The molecule has 0 saturated carbocycles. The molecular formula is C20H21ClN6O4. The van der Waals surface area contributed by atoms with Gasteiger partial charge in [-0.25, -0.2) is 4.79 Å². The molecule has 4 rings (SSSR count). The fourth-order valence-electron chi connectivity index (χ4n) is 3.82. The van der Waals surface area contributed by atoms with Crippen LogP contribution in [0.25, 0.3) is 10.8 Å². The molecule has 0 spiro atoms. The van der Waals surface area contributed by atoms with Gasteiger partial charge in [0.2, 0.25) is 0 Å². The summed E-state index contributed by atoms with van der Waals surface area (Å²) >= 11 is 6.17. The van der Waals surface area contributed by atoms with Gasteiger partial charge in [0.25, 0.3) is 5.91 Å². The molecule has 31 heavy (non-hydrogen) atoms. The number of carbonyl (C=O) groups is 2. The summed E-state index contributed by atoms with van der Waals surface area (Å²) in [7, 11) is 1.49. The van der Waals surface area contributed by atoms with Crippen LogP contribution in [0.15, 0.2) is 34.9 Å². The monoisotopic (exact) mass is 444 g/mol. The highest BCUT2D eigenvalue weighted by atomic mass is 35.5. The van der Waals surface area contributed by atoms with Crippen LogP contribution in [-0.4, -0.2) is 63.5 Å². The maximum Gasteiger partial charge on any atom is 0.407 e. The predicted octanol–water partition coefficient (Wildman–Crippen LogP) is 2.78. The van der Waals surface area contributed by atoms with Crippen LogP contribution in [-0.2, 0) is 6.54 Å². The molecule has 3 heterocycles. The average molecular weight is 445 g/mol. The minimum atomic E-state index is -1.05. The van der Waals surface area contributed by atoms with E-state index in [1.165, 1.54) is 18.0 Å². The summed E-state index contributed by atoms with van der Waals surface area (Å²) in [6.07, 6.45) is 0.177. The number of piperidine rings is 1. The van der Waals surface area contributed by atoms with E-state index in [1.54, 1.807) is 0 Å². The van der Waals surface area contributed by atoms with Gasteiger partial charge in [-0.3, -0.25) is 9.69 Å². The van der Waals surface area contributed by atoms with Crippen molar-refractivity contribution in [1.82, 2.24) is 25.6 Å². The first-order valence-corrected chi connectivity index (χ1v) is 10.2. The number of hydrogen-bond acceptors (Lipinski definition) is 7. The maximum absolute atomic E-state index is 11.9. The molecule has 0 unspecified atom stereocenters. The van der Waals surface area contributed by atoms with Crippen molar-refractivity contribution in [3.63, 3.8) is 0 Å². The third-order valence-corrected chi connectivity index (χ3v) is 5.70. The Labute approximate surface area is 182 Å². The van der Waals surface area contributed by atoms with Gasteiger partial charge in [-0.15, -0.1) is 10.2 Å². The third kappa shape index (κ3) is 4.24. The summed E-state index contributed by atoms with van der Waals surface area (Å²) in [6, 6.07) is 8.94. The van der Waals surface area contributed by atoms with Crippen LogP contribution >= 0.6 is 11.6 Å². The third-order valence-electron chi connectivity index (χ3n) is 5.42. The normalized spacial score (nSPS) is 14.6. The van der Waals surface area contributed by atoms with Gasteiger partial charge in [0.05, 0.1) is 6.54 Å². The van der Waals surface area contributed by atoms with Crippen molar-refractivity contribution in [2.45, 2.75) is 25.4 Å². The molecule has 2 amide bonds. The van der Waals surface area contributed by atoms with Gasteiger partial charge in [0.15, 0.2) is 22.4 Å². The molecule has 2 aromatic heterocycles. The Bertz CT molecular complexity index is 1110. The molecule has 1 aromatic carbocycles. The van der Waals surface area contributed by atoms with Gasteiger partial charge >= 0.3 is 6.09 Å². The molecular weight excluding hydrogens is 424 g/mol. The quantitative estimate of drug-likeness (QED) is 0.615. The van der Waals surface area contributed by atoms with Gasteiger partial charge < -0.3 is 19.8 Å². The number of carboxylic acid groups (broad SMARTS) is 1. The zero-order valence-electron chi connectivity index (χ0n) is 16.8. The van der Waals surface area contributed by atoms with E-state index in [0.717, 1.165) is 16.6 Å². The number of carbonyl (C=O) groups excluding carboxylic acids is 1. The standard InChI is InChI=1S/C20H21ClN6O4/c1-22-19(28)16-10-13(31-25-16)11-27(20(29)30)12-6-8-26(9-7-12)18-15-5-3-2-4-14(15)17(21)23-24-18/h2-5,10,12H,6-9,11H2,1H3,(H,22,28)(H,29,30). The van der Waals surface area contributed by atoms with Crippen molar-refractivity contribution < 1.29 is 19.2 Å². The first-order valence-electron chi connectivity index (χ1n) is 9.81. The van der Waals surface area contributed by atoms with Gasteiger partial charge in [0, 0.05) is 43.0 Å². The van der Waals surface area contributed by atoms with E-state index in [4.69, 9.17) is 16.1 Å². The highest BCUT2D eigenvalue weighted by molar-refractivity contribution is 6.34. The number of amides is 2. The predicted molar refractivity (Wildman–Crippen MR) is 113 cm³/mol. The van der Waals surface area contributed by atoms with Crippen molar-refractivity contribution in [2.24, 2.45) is 0 Å². The maximum atomic E-state index is 11.9. The minimum absolute atomic E-state index is 0.0215. The largest absolute Gasteiger partial charge is 0.465 e. The van der Waals surface area contributed by atoms with Crippen molar-refractivity contribution in [3.05, 3.63) is 46.9 Å². The lowest BCUT2D eigenvalue weighted by atomic mass is 10.0. The first kappa shape index (κ1) is 20.9. The summed E-state index contributed by atoms with van der Waals surface area (Å²) in [4.78, 5) is 27.0. The molecule has 0 aliphatic carbocycles. The summed E-state index contributed by atoms with van der Waals surface area (Å²) in [5, 5.41) is 26.3. The second kappa shape index (κ2) is 8.76. The lowest BCUT2D eigenvalue weighted by Crippen LogP contribution is -2.47. The molecule has 0 atom stereocenters. The van der Waals surface area contributed by atoms with E-state index in [9.17, 15) is 14.7 Å². The van der Waals surface area contributed by atoms with E-state index in [1.807, 2.05) is 24.3 Å². The smallest absolute Gasteiger partial charge is 0.407 e. The van der Waals surface area contributed by atoms with Gasteiger partial charge in [0.1, 0.15) is 0 Å². The van der Waals surface area contributed by atoms with E-state index < -0.39 is 6.09 Å². The Kier molecular flexibility index (Phi) is 5.90. The Hall–Kier alpha value is -3.40. The molecule has 1 aliphatic heterocycles. The van der Waals surface area contributed by atoms with Crippen molar-refractivity contribution in [1.29, 1.82) is 0 Å². The molecule has 1 saturated heterocycles. The van der Waals surface area contributed by atoms with Crippen LogP contribution in [0.2, 0.25) is 5.15 Å². The zero-order valence-corrected chi connectivity index (χ0v) is 17.5. The second-order valence-electron chi connectivity index (χ2n) is 7.25. The van der Waals surface area contributed by atoms with Gasteiger partial charge in [-0.05, 0) is 12.8 Å². The Morgan fingerprint density at radius 1 is 1.26 bits per heavy atom. The van der Waals surface area contributed by atoms with Crippen molar-refractivity contribution >= 4 is 40.2 Å². The number of fused-ring (bicyclic) bond motifs is 1. The number of nitrogens with zero attached hydrogens (tertiary/aromatic N) is 5. The summed E-state index contributed by atoms with van der Waals surface area (Å²) in [5.74, 6) is 0.672. The van der Waals surface area contributed by atoms with E-state index >= 15 is 0 Å². The van der Waals surface area contributed by atoms with Crippen LogP contribution in [0.1, 0.15) is 29.1 Å². The van der Waals surface area contributed by atoms with E-state index in [-0.39, 0.29) is 24.2 Å². The molecule has 10 nitrogen and oxygen atoms in total. The lowest BCUT2D eigenvalue weighted by molar-refractivity contribution is 0.0950. The van der Waals surface area contributed by atoms with E-state index in [2.05, 4.69) is 25.6 Å². The highest BCUT2D eigenvalue weighted by Crippen LogP contribution is 2.30. The summed E-state index contributed by atoms with van der Waals surface area (Å²) in [5.41, 5.74) is 0.117. The molecule has 3 aromatic rings. The Morgan fingerprint density at radius 3 is 2.65 bits per heavy atom. The Balaban J connectivity index is 1.47. The van der Waals surface area contributed by atoms with Gasteiger partial charge in [-0.2, -0.15) is 0 Å².